The van der Waals surface area contributed by atoms with Gasteiger partial charge in [-0.1, -0.05) is 12.1 Å². The van der Waals surface area contributed by atoms with Crippen molar-refractivity contribution in [3.05, 3.63) is 47.8 Å². The van der Waals surface area contributed by atoms with E-state index in [2.05, 4.69) is 39.8 Å². The van der Waals surface area contributed by atoms with Crippen LogP contribution >= 0.6 is 24.0 Å². The number of aromatic nitrogens is 2. The van der Waals surface area contributed by atoms with E-state index in [0.717, 1.165) is 43.3 Å². The van der Waals surface area contributed by atoms with Crippen molar-refractivity contribution in [3.8, 4) is 5.75 Å². The Morgan fingerprint density at radius 3 is 2.56 bits per heavy atom. The van der Waals surface area contributed by atoms with Crippen LogP contribution in [0.25, 0.3) is 0 Å². The Balaban J connectivity index is 0.00000312. The molecule has 0 unspecified atom stereocenters. The summed E-state index contributed by atoms with van der Waals surface area (Å²) in [6.45, 7) is 4.40. The van der Waals surface area contributed by atoms with E-state index in [1.165, 1.54) is 5.56 Å². The molecule has 0 bridgehead atoms. The number of benzene rings is 1. The predicted octanol–water partition coefficient (Wildman–Crippen LogP) is 2.73. The third-order valence-electron chi connectivity index (χ3n) is 3.76. The molecular formula is C18H28IN5O. The summed E-state index contributed by atoms with van der Waals surface area (Å²) in [5.74, 6) is 1.74. The number of guanidine groups is 1. The van der Waals surface area contributed by atoms with E-state index in [-0.39, 0.29) is 24.0 Å². The predicted molar refractivity (Wildman–Crippen MR) is 113 cm³/mol. The van der Waals surface area contributed by atoms with Gasteiger partial charge in [0.25, 0.3) is 0 Å². The fourth-order valence-corrected chi connectivity index (χ4v) is 2.35. The molecule has 25 heavy (non-hydrogen) atoms. The summed E-state index contributed by atoms with van der Waals surface area (Å²) in [6, 6.07) is 10.2. The zero-order valence-corrected chi connectivity index (χ0v) is 17.5. The van der Waals surface area contributed by atoms with Crippen LogP contribution in [0.1, 0.15) is 24.6 Å². The Bertz CT molecular complexity index is 639. The van der Waals surface area contributed by atoms with Gasteiger partial charge >= 0.3 is 0 Å². The van der Waals surface area contributed by atoms with Gasteiger partial charge in [-0.3, -0.25) is 4.68 Å². The van der Waals surface area contributed by atoms with Gasteiger partial charge in [0.2, 0.25) is 0 Å². The molecule has 0 saturated carbocycles. The van der Waals surface area contributed by atoms with Crippen LogP contribution in [0.3, 0.4) is 0 Å². The minimum Gasteiger partial charge on any atom is -0.497 e. The normalized spacial score (nSPS) is 10.9. The van der Waals surface area contributed by atoms with Crippen molar-refractivity contribution in [1.82, 2.24) is 20.4 Å². The molecule has 0 saturated heterocycles. The number of aryl methyl sites for hydroxylation is 2. The van der Waals surface area contributed by atoms with Crippen molar-refractivity contribution in [2.45, 2.75) is 26.3 Å². The minimum absolute atomic E-state index is 0. The van der Waals surface area contributed by atoms with Gasteiger partial charge in [-0.25, -0.2) is 4.99 Å². The first-order chi connectivity index (χ1) is 11.7. The van der Waals surface area contributed by atoms with Gasteiger partial charge in [-0.15, -0.1) is 24.0 Å². The Kier molecular flexibility index (Phi) is 9.98. The van der Waals surface area contributed by atoms with Crippen LogP contribution in [0.5, 0.6) is 5.75 Å². The van der Waals surface area contributed by atoms with Gasteiger partial charge in [0, 0.05) is 26.3 Å². The molecule has 1 heterocycles. The summed E-state index contributed by atoms with van der Waals surface area (Å²) in [7, 11) is 3.62. The molecular weight excluding hydrogens is 429 g/mol. The topological polar surface area (TPSA) is 63.5 Å². The first-order valence-electron chi connectivity index (χ1n) is 8.35. The molecule has 2 N–H and O–H groups in total. The second-order valence-corrected chi connectivity index (χ2v) is 5.52. The molecule has 0 amide bonds. The number of ether oxygens (including phenoxy) is 1. The number of rotatable bonds is 8. The molecule has 0 aliphatic heterocycles. The van der Waals surface area contributed by atoms with Crippen molar-refractivity contribution in [1.29, 1.82) is 0 Å². The molecule has 0 aliphatic carbocycles. The van der Waals surface area contributed by atoms with Crippen molar-refractivity contribution < 1.29 is 4.74 Å². The molecule has 0 fully saturated rings. The SMILES string of the molecule is CCNC(=NCc1ccnn1C)NCCCc1ccc(OC)cc1.I. The van der Waals surface area contributed by atoms with Crippen molar-refractivity contribution in [2.75, 3.05) is 20.2 Å². The molecule has 2 aromatic rings. The molecule has 138 valence electrons. The van der Waals surface area contributed by atoms with Gasteiger partial charge in [0.1, 0.15) is 5.75 Å². The maximum atomic E-state index is 5.18. The quantitative estimate of drug-likeness (QED) is 0.277. The van der Waals surface area contributed by atoms with Crippen LogP contribution < -0.4 is 15.4 Å². The van der Waals surface area contributed by atoms with Gasteiger partial charge in [0.15, 0.2) is 5.96 Å². The van der Waals surface area contributed by atoms with Crippen molar-refractivity contribution in [2.24, 2.45) is 12.0 Å². The number of hydrogen-bond acceptors (Lipinski definition) is 3. The Morgan fingerprint density at radius 2 is 1.96 bits per heavy atom. The maximum Gasteiger partial charge on any atom is 0.191 e. The number of methoxy groups -OCH3 is 1. The average Bonchev–Trinajstić information content (AvgIpc) is 3.02. The number of nitrogens with zero attached hydrogens (tertiary/aromatic N) is 3. The molecule has 1 aromatic heterocycles. The van der Waals surface area contributed by atoms with Crippen LogP contribution in [0.15, 0.2) is 41.5 Å². The van der Waals surface area contributed by atoms with Gasteiger partial charge < -0.3 is 15.4 Å². The Labute approximate surface area is 167 Å². The number of hydrogen-bond donors (Lipinski definition) is 2. The van der Waals surface area contributed by atoms with Gasteiger partial charge in [-0.05, 0) is 43.5 Å². The highest BCUT2D eigenvalue weighted by Crippen LogP contribution is 2.12. The lowest BCUT2D eigenvalue weighted by molar-refractivity contribution is 0.414. The standard InChI is InChI=1S/C18H27N5O.HI/c1-4-19-18(21-14-16-11-13-22-23(16)2)20-12-5-6-15-7-9-17(24-3)10-8-15;/h7-11,13H,4-6,12,14H2,1-3H3,(H2,19,20,21);1H. The van der Waals surface area contributed by atoms with Crippen LogP contribution in [0.4, 0.5) is 0 Å². The second kappa shape index (κ2) is 11.7. The van der Waals surface area contributed by atoms with E-state index in [0.29, 0.717) is 6.54 Å². The first-order valence-corrected chi connectivity index (χ1v) is 8.35. The molecule has 0 aliphatic rings. The smallest absolute Gasteiger partial charge is 0.191 e. The minimum atomic E-state index is 0. The monoisotopic (exact) mass is 457 g/mol. The second-order valence-electron chi connectivity index (χ2n) is 5.52. The lowest BCUT2D eigenvalue weighted by Crippen LogP contribution is -2.37. The molecule has 0 atom stereocenters. The Hall–Kier alpha value is -1.77. The summed E-state index contributed by atoms with van der Waals surface area (Å²) in [5, 5.41) is 10.8. The van der Waals surface area contributed by atoms with Crippen LogP contribution in [0, 0.1) is 0 Å². The molecule has 6 nitrogen and oxygen atoms in total. The summed E-state index contributed by atoms with van der Waals surface area (Å²) in [5.41, 5.74) is 2.40. The summed E-state index contributed by atoms with van der Waals surface area (Å²) in [6.07, 6.45) is 3.86. The van der Waals surface area contributed by atoms with E-state index in [9.17, 15) is 0 Å². The average molecular weight is 457 g/mol. The fraction of sp³-hybridized carbons (Fsp3) is 0.444. The zero-order chi connectivity index (χ0) is 17.2. The largest absolute Gasteiger partial charge is 0.497 e. The van der Waals surface area contributed by atoms with Crippen LogP contribution in [-0.2, 0) is 20.0 Å². The molecule has 7 heteroatoms. The molecule has 2 rings (SSSR count). The number of aliphatic imine (C=N–C) groups is 1. The molecule has 0 spiro atoms. The third kappa shape index (κ3) is 7.33. The molecule has 0 radical (unpaired) electrons. The van der Waals surface area contributed by atoms with E-state index in [1.807, 2.05) is 29.9 Å². The third-order valence-corrected chi connectivity index (χ3v) is 3.76. The van der Waals surface area contributed by atoms with E-state index in [1.54, 1.807) is 13.3 Å². The summed E-state index contributed by atoms with van der Waals surface area (Å²) < 4.78 is 7.02. The lowest BCUT2D eigenvalue weighted by Gasteiger charge is -2.11. The van der Waals surface area contributed by atoms with Crippen LogP contribution in [-0.4, -0.2) is 35.9 Å². The van der Waals surface area contributed by atoms with Gasteiger partial charge in [0.05, 0.1) is 19.3 Å². The number of nitrogens with one attached hydrogen (secondary N) is 2. The summed E-state index contributed by atoms with van der Waals surface area (Å²) in [4.78, 5) is 4.60. The zero-order valence-electron chi connectivity index (χ0n) is 15.2. The highest BCUT2D eigenvalue weighted by molar-refractivity contribution is 14.0. The van der Waals surface area contributed by atoms with Crippen LogP contribution in [0.2, 0.25) is 0 Å². The van der Waals surface area contributed by atoms with Gasteiger partial charge in [-0.2, -0.15) is 5.10 Å². The summed E-state index contributed by atoms with van der Waals surface area (Å²) >= 11 is 0. The van der Waals surface area contributed by atoms with Crippen molar-refractivity contribution >= 4 is 29.9 Å². The first kappa shape index (κ1) is 21.3. The molecule has 1 aromatic carbocycles. The van der Waals surface area contributed by atoms with E-state index >= 15 is 0 Å². The fourth-order valence-electron chi connectivity index (χ4n) is 2.35. The lowest BCUT2D eigenvalue weighted by atomic mass is 10.1. The Morgan fingerprint density at radius 1 is 1.20 bits per heavy atom. The van der Waals surface area contributed by atoms with E-state index in [4.69, 9.17) is 4.74 Å². The number of halogens is 1. The van der Waals surface area contributed by atoms with Crippen molar-refractivity contribution in [3.63, 3.8) is 0 Å². The highest BCUT2D eigenvalue weighted by Gasteiger charge is 2.01. The van der Waals surface area contributed by atoms with E-state index < -0.39 is 0 Å². The maximum absolute atomic E-state index is 5.18. The highest BCUT2D eigenvalue weighted by atomic mass is 127.